The Morgan fingerprint density at radius 3 is 2.47 bits per heavy atom. The lowest BCUT2D eigenvalue weighted by Crippen LogP contribution is -2.25. The van der Waals surface area contributed by atoms with Crippen molar-refractivity contribution in [1.29, 1.82) is 0 Å². The lowest BCUT2D eigenvalue weighted by Gasteiger charge is -2.10. The molecule has 4 N–H and O–H groups in total. The highest BCUT2D eigenvalue weighted by atomic mass is 32.1. The van der Waals surface area contributed by atoms with Crippen molar-refractivity contribution in [2.24, 2.45) is 0 Å². The van der Waals surface area contributed by atoms with Crippen LogP contribution in [0.4, 0.5) is 10.8 Å². The van der Waals surface area contributed by atoms with Crippen LogP contribution >= 0.6 is 11.3 Å². The van der Waals surface area contributed by atoms with Gasteiger partial charge in [-0.1, -0.05) is 59.9 Å². The highest BCUT2D eigenvalue weighted by Gasteiger charge is 2.24. The summed E-state index contributed by atoms with van der Waals surface area (Å²) in [7, 11) is 0. The lowest BCUT2D eigenvalue weighted by atomic mass is 10.1. The standard InChI is InChI=1S/C29H26N4O4S/c1-17-10-11-20(26(34)31-22-12-13-22)15-23(17)32-29-33-24(19-8-5-9-21(14-19)28(36)37)25(38-29)27(35)30-16-18-6-3-2-4-7-18/h2-11,14-15,22H,12-13,16H2,1H3,(H,30,35)(H,31,34)(H,32,33)(H,36,37). The van der Waals surface area contributed by atoms with Gasteiger partial charge in [0.15, 0.2) is 5.13 Å². The topological polar surface area (TPSA) is 120 Å². The number of nitrogens with zero attached hydrogens (tertiary/aromatic N) is 1. The van der Waals surface area contributed by atoms with Crippen molar-refractivity contribution in [3.05, 3.63) is 99.9 Å². The van der Waals surface area contributed by atoms with E-state index in [1.807, 2.05) is 43.3 Å². The van der Waals surface area contributed by atoms with Gasteiger partial charge in [-0.05, 0) is 55.2 Å². The molecule has 9 heteroatoms. The monoisotopic (exact) mass is 526 g/mol. The normalized spacial score (nSPS) is 12.6. The van der Waals surface area contributed by atoms with E-state index in [-0.39, 0.29) is 23.4 Å². The maximum Gasteiger partial charge on any atom is 0.335 e. The first-order chi connectivity index (χ1) is 18.4. The Morgan fingerprint density at radius 2 is 1.74 bits per heavy atom. The molecule has 1 aliphatic rings. The zero-order valence-corrected chi connectivity index (χ0v) is 21.5. The van der Waals surface area contributed by atoms with E-state index in [2.05, 4.69) is 20.9 Å². The Labute approximate surface area is 223 Å². The van der Waals surface area contributed by atoms with Crippen LogP contribution in [0.5, 0.6) is 0 Å². The summed E-state index contributed by atoms with van der Waals surface area (Å²) in [5, 5.41) is 19.1. The summed E-state index contributed by atoms with van der Waals surface area (Å²) in [5.74, 6) is -1.50. The number of carboxylic acid groups (broad SMARTS) is 1. The van der Waals surface area contributed by atoms with Crippen molar-refractivity contribution in [1.82, 2.24) is 15.6 Å². The first-order valence-corrected chi connectivity index (χ1v) is 13.0. The van der Waals surface area contributed by atoms with Gasteiger partial charge < -0.3 is 21.1 Å². The molecule has 1 aromatic heterocycles. The summed E-state index contributed by atoms with van der Waals surface area (Å²) in [6.45, 7) is 2.26. The molecule has 1 aliphatic carbocycles. The number of hydrogen-bond donors (Lipinski definition) is 4. The van der Waals surface area contributed by atoms with Crippen LogP contribution in [0.15, 0.2) is 72.8 Å². The molecule has 38 heavy (non-hydrogen) atoms. The zero-order valence-electron chi connectivity index (χ0n) is 20.7. The Balaban J connectivity index is 1.46. The van der Waals surface area contributed by atoms with Gasteiger partial charge in [-0.3, -0.25) is 9.59 Å². The maximum atomic E-state index is 13.3. The second kappa shape index (κ2) is 10.9. The van der Waals surface area contributed by atoms with E-state index in [4.69, 9.17) is 0 Å². The quantitative estimate of drug-likeness (QED) is 0.232. The van der Waals surface area contributed by atoms with Gasteiger partial charge >= 0.3 is 5.97 Å². The average Bonchev–Trinajstić information content (AvgIpc) is 3.64. The van der Waals surface area contributed by atoms with Gasteiger partial charge in [0.25, 0.3) is 11.8 Å². The largest absolute Gasteiger partial charge is 0.478 e. The van der Waals surface area contributed by atoms with Crippen molar-refractivity contribution >= 4 is 39.9 Å². The SMILES string of the molecule is Cc1ccc(C(=O)NC2CC2)cc1Nc1nc(-c2cccc(C(=O)O)c2)c(C(=O)NCc2ccccc2)s1. The summed E-state index contributed by atoms with van der Waals surface area (Å²) < 4.78 is 0. The Bertz CT molecular complexity index is 1510. The smallest absolute Gasteiger partial charge is 0.335 e. The van der Waals surface area contributed by atoms with Crippen molar-refractivity contribution in [3.63, 3.8) is 0 Å². The molecule has 5 rings (SSSR count). The van der Waals surface area contributed by atoms with E-state index in [9.17, 15) is 19.5 Å². The molecule has 0 bridgehead atoms. The van der Waals surface area contributed by atoms with Gasteiger partial charge in [0, 0.05) is 29.4 Å². The number of aromatic carboxylic acids is 1. The number of carbonyl (C=O) groups is 3. The number of amides is 2. The Hall–Kier alpha value is -4.50. The fourth-order valence-corrected chi connectivity index (χ4v) is 4.81. The summed E-state index contributed by atoms with van der Waals surface area (Å²) in [4.78, 5) is 42.4. The van der Waals surface area contributed by atoms with E-state index in [1.165, 1.54) is 23.5 Å². The number of aryl methyl sites for hydroxylation is 1. The van der Waals surface area contributed by atoms with Gasteiger partial charge in [-0.25, -0.2) is 9.78 Å². The van der Waals surface area contributed by atoms with E-state index in [0.717, 1.165) is 24.0 Å². The molecular formula is C29H26N4O4S. The molecule has 8 nitrogen and oxygen atoms in total. The fraction of sp³-hybridized carbons (Fsp3) is 0.172. The van der Waals surface area contributed by atoms with Gasteiger partial charge in [-0.2, -0.15) is 0 Å². The molecular weight excluding hydrogens is 500 g/mol. The molecule has 0 unspecified atom stereocenters. The van der Waals surface area contributed by atoms with Gasteiger partial charge in [0.05, 0.1) is 11.3 Å². The second-order valence-electron chi connectivity index (χ2n) is 9.15. The summed E-state index contributed by atoms with van der Waals surface area (Å²) in [6, 6.07) is 21.6. The predicted molar refractivity (Wildman–Crippen MR) is 147 cm³/mol. The molecule has 0 radical (unpaired) electrons. The third kappa shape index (κ3) is 5.90. The number of nitrogens with one attached hydrogen (secondary N) is 3. The third-order valence-corrected chi connectivity index (χ3v) is 7.14. The third-order valence-electron chi connectivity index (χ3n) is 6.17. The minimum Gasteiger partial charge on any atom is -0.478 e. The molecule has 1 heterocycles. The number of hydrogen-bond acceptors (Lipinski definition) is 6. The summed E-state index contributed by atoms with van der Waals surface area (Å²) in [5.41, 5.74) is 4.11. The number of anilines is 2. The first-order valence-electron chi connectivity index (χ1n) is 12.2. The lowest BCUT2D eigenvalue weighted by molar-refractivity contribution is 0.0696. The molecule has 1 fully saturated rings. The van der Waals surface area contributed by atoms with Crippen molar-refractivity contribution in [2.45, 2.75) is 32.4 Å². The van der Waals surface area contributed by atoms with Crippen LogP contribution in [0, 0.1) is 6.92 Å². The zero-order chi connectivity index (χ0) is 26.6. The van der Waals surface area contributed by atoms with Crippen LogP contribution in [0.2, 0.25) is 0 Å². The molecule has 4 aromatic rings. The summed E-state index contributed by atoms with van der Waals surface area (Å²) in [6.07, 6.45) is 2.01. The van der Waals surface area contributed by atoms with Gasteiger partial charge in [-0.15, -0.1) is 0 Å². The first kappa shape index (κ1) is 25.2. The average molecular weight is 527 g/mol. The van der Waals surface area contributed by atoms with E-state index < -0.39 is 5.97 Å². The van der Waals surface area contributed by atoms with E-state index >= 15 is 0 Å². The van der Waals surface area contributed by atoms with Crippen LogP contribution in [-0.4, -0.2) is 33.9 Å². The van der Waals surface area contributed by atoms with Crippen LogP contribution in [-0.2, 0) is 6.54 Å². The van der Waals surface area contributed by atoms with Crippen LogP contribution < -0.4 is 16.0 Å². The Kier molecular flexibility index (Phi) is 7.19. The molecule has 1 saturated carbocycles. The molecule has 2 amide bonds. The summed E-state index contributed by atoms with van der Waals surface area (Å²) >= 11 is 1.17. The minimum absolute atomic E-state index is 0.103. The van der Waals surface area contributed by atoms with Crippen molar-refractivity contribution in [3.8, 4) is 11.3 Å². The van der Waals surface area contributed by atoms with Crippen molar-refractivity contribution < 1.29 is 19.5 Å². The minimum atomic E-state index is -1.06. The predicted octanol–water partition coefficient (Wildman–Crippen LogP) is 5.38. The van der Waals surface area contributed by atoms with Crippen molar-refractivity contribution in [2.75, 3.05) is 5.32 Å². The van der Waals surface area contributed by atoms with Crippen LogP contribution in [0.25, 0.3) is 11.3 Å². The fourth-order valence-electron chi connectivity index (χ4n) is 3.89. The van der Waals surface area contributed by atoms with Crippen LogP contribution in [0.1, 0.15) is 54.4 Å². The number of carbonyl (C=O) groups excluding carboxylic acids is 2. The molecule has 0 atom stereocenters. The molecule has 0 spiro atoms. The molecule has 0 aliphatic heterocycles. The molecule has 3 aromatic carbocycles. The van der Waals surface area contributed by atoms with Crippen LogP contribution in [0.3, 0.4) is 0 Å². The van der Waals surface area contributed by atoms with Gasteiger partial charge in [0.2, 0.25) is 0 Å². The number of rotatable bonds is 9. The number of benzene rings is 3. The van der Waals surface area contributed by atoms with E-state index in [0.29, 0.717) is 39.1 Å². The maximum absolute atomic E-state index is 13.3. The molecule has 192 valence electrons. The molecule has 0 saturated heterocycles. The van der Waals surface area contributed by atoms with Gasteiger partial charge in [0.1, 0.15) is 4.88 Å². The highest BCUT2D eigenvalue weighted by Crippen LogP contribution is 2.34. The highest BCUT2D eigenvalue weighted by molar-refractivity contribution is 7.18. The number of carboxylic acids is 1. The Morgan fingerprint density at radius 1 is 0.947 bits per heavy atom. The number of thiazole rings is 1. The second-order valence-corrected chi connectivity index (χ2v) is 10.2. The number of aromatic nitrogens is 1. The van der Waals surface area contributed by atoms with E-state index in [1.54, 1.807) is 24.3 Å².